The fraction of sp³-hybridized carbons (Fsp3) is 0.917. The maximum atomic E-state index is 11.4. The molecule has 0 spiro atoms. The van der Waals surface area contributed by atoms with Crippen LogP contribution in [0.25, 0.3) is 0 Å². The van der Waals surface area contributed by atoms with Crippen LogP contribution in [0.4, 0.5) is 0 Å². The van der Waals surface area contributed by atoms with Crippen LogP contribution < -0.4 is 0 Å². The molecule has 0 aromatic carbocycles. The lowest BCUT2D eigenvalue weighted by atomic mass is 9.97. The van der Waals surface area contributed by atoms with E-state index in [1.54, 1.807) is 0 Å². The summed E-state index contributed by atoms with van der Waals surface area (Å²) in [5.74, 6) is 1.94. The van der Waals surface area contributed by atoms with E-state index < -0.39 is 0 Å². The van der Waals surface area contributed by atoms with Crippen LogP contribution >= 0.6 is 21.6 Å². The zero-order valence-corrected chi connectivity index (χ0v) is 11.7. The third-order valence-corrected chi connectivity index (χ3v) is 6.36. The highest BCUT2D eigenvalue weighted by molar-refractivity contribution is 8.77. The molecule has 0 aromatic rings. The predicted molar refractivity (Wildman–Crippen MR) is 71.4 cm³/mol. The average molecular weight is 246 g/mol. The first-order valence-electron chi connectivity index (χ1n) is 5.87. The first-order chi connectivity index (χ1) is 7.03. The van der Waals surface area contributed by atoms with E-state index in [0.717, 1.165) is 12.8 Å². The molecule has 0 aromatic heterocycles. The van der Waals surface area contributed by atoms with Crippen LogP contribution in [0, 0.1) is 5.92 Å². The van der Waals surface area contributed by atoms with Crippen molar-refractivity contribution in [2.45, 2.75) is 57.6 Å². The van der Waals surface area contributed by atoms with Crippen LogP contribution in [0.15, 0.2) is 0 Å². The molecule has 1 nitrogen and oxygen atoms in total. The van der Waals surface area contributed by atoms with Gasteiger partial charge in [-0.15, -0.1) is 0 Å². The SMILES string of the molecule is CC(C)C(=O)CCCC[C@]1(C)CCSS1. The lowest BCUT2D eigenvalue weighted by molar-refractivity contribution is -0.122. The molecule has 3 heteroatoms. The number of hydrogen-bond donors (Lipinski definition) is 0. The topological polar surface area (TPSA) is 17.1 Å². The van der Waals surface area contributed by atoms with Gasteiger partial charge in [0.2, 0.25) is 0 Å². The molecule has 0 N–H and O–H groups in total. The second kappa shape index (κ2) is 6.19. The Morgan fingerprint density at radius 1 is 1.40 bits per heavy atom. The Morgan fingerprint density at radius 2 is 2.13 bits per heavy atom. The zero-order chi connectivity index (χ0) is 11.3. The molecule has 1 atom stereocenters. The van der Waals surface area contributed by atoms with E-state index in [9.17, 15) is 4.79 Å². The van der Waals surface area contributed by atoms with Gasteiger partial charge in [-0.05, 0) is 26.2 Å². The second-order valence-electron chi connectivity index (χ2n) is 4.93. The third-order valence-electron chi connectivity index (χ3n) is 3.00. The van der Waals surface area contributed by atoms with Crippen LogP contribution in [-0.4, -0.2) is 16.3 Å². The number of Topliss-reactive ketones (excluding diaryl/α,β-unsaturated/α-hetero) is 1. The van der Waals surface area contributed by atoms with Gasteiger partial charge in [0, 0.05) is 22.8 Å². The van der Waals surface area contributed by atoms with Gasteiger partial charge in [-0.2, -0.15) is 0 Å². The number of carbonyl (C=O) groups excluding carboxylic acids is 1. The molecule has 0 bridgehead atoms. The fourth-order valence-electron chi connectivity index (χ4n) is 1.74. The zero-order valence-electron chi connectivity index (χ0n) is 10.0. The number of hydrogen-bond acceptors (Lipinski definition) is 3. The third kappa shape index (κ3) is 4.81. The molecule has 1 heterocycles. The maximum Gasteiger partial charge on any atom is 0.135 e. The quantitative estimate of drug-likeness (QED) is 0.513. The Labute approximate surface area is 102 Å². The molecule has 15 heavy (non-hydrogen) atoms. The first kappa shape index (κ1) is 13.4. The monoisotopic (exact) mass is 246 g/mol. The molecule has 0 saturated carbocycles. The smallest absolute Gasteiger partial charge is 0.135 e. The molecular weight excluding hydrogens is 224 g/mol. The summed E-state index contributed by atoms with van der Waals surface area (Å²) in [6.07, 6.45) is 5.68. The van der Waals surface area contributed by atoms with Crippen molar-refractivity contribution in [3.8, 4) is 0 Å². The van der Waals surface area contributed by atoms with E-state index in [1.165, 1.54) is 25.0 Å². The minimum atomic E-state index is 0.219. The van der Waals surface area contributed by atoms with Gasteiger partial charge < -0.3 is 0 Å². The van der Waals surface area contributed by atoms with Crippen molar-refractivity contribution >= 4 is 27.4 Å². The highest BCUT2D eigenvalue weighted by Gasteiger charge is 2.29. The summed E-state index contributed by atoms with van der Waals surface area (Å²) < 4.78 is 0.492. The second-order valence-corrected chi connectivity index (χ2v) is 7.94. The summed E-state index contributed by atoms with van der Waals surface area (Å²) in [7, 11) is 4.04. The molecule has 1 aliphatic heterocycles. The summed E-state index contributed by atoms with van der Waals surface area (Å²) in [6.45, 7) is 6.35. The van der Waals surface area contributed by atoms with E-state index in [4.69, 9.17) is 0 Å². The van der Waals surface area contributed by atoms with Crippen LogP contribution in [0.2, 0.25) is 0 Å². The van der Waals surface area contributed by atoms with E-state index in [-0.39, 0.29) is 5.92 Å². The summed E-state index contributed by atoms with van der Waals surface area (Å²) in [4.78, 5) is 11.4. The number of ketones is 1. The molecule has 0 radical (unpaired) electrons. The molecule has 0 amide bonds. The van der Waals surface area contributed by atoms with E-state index in [1.807, 2.05) is 35.4 Å². The molecule has 1 rings (SSSR count). The highest BCUT2D eigenvalue weighted by atomic mass is 33.1. The van der Waals surface area contributed by atoms with Crippen LogP contribution in [0.1, 0.15) is 52.9 Å². The van der Waals surface area contributed by atoms with Crippen molar-refractivity contribution in [2.75, 3.05) is 5.75 Å². The van der Waals surface area contributed by atoms with Gasteiger partial charge in [0.1, 0.15) is 5.78 Å². The lowest BCUT2D eigenvalue weighted by Gasteiger charge is -2.20. The molecule has 0 aliphatic carbocycles. The minimum absolute atomic E-state index is 0.219. The summed E-state index contributed by atoms with van der Waals surface area (Å²) in [5.41, 5.74) is 0. The van der Waals surface area contributed by atoms with E-state index >= 15 is 0 Å². The molecular formula is C12H22OS2. The molecule has 1 aliphatic rings. The fourth-order valence-corrected chi connectivity index (χ4v) is 5.03. The van der Waals surface area contributed by atoms with Crippen LogP contribution in [0.3, 0.4) is 0 Å². The van der Waals surface area contributed by atoms with Crippen molar-refractivity contribution in [1.82, 2.24) is 0 Å². The van der Waals surface area contributed by atoms with Gasteiger partial charge >= 0.3 is 0 Å². The lowest BCUT2D eigenvalue weighted by Crippen LogP contribution is -2.16. The van der Waals surface area contributed by atoms with Crippen molar-refractivity contribution in [3.05, 3.63) is 0 Å². The number of rotatable bonds is 6. The Hall–Kier alpha value is 0.370. The van der Waals surface area contributed by atoms with Crippen molar-refractivity contribution in [2.24, 2.45) is 5.92 Å². The predicted octanol–water partition coefficient (Wildman–Crippen LogP) is 4.32. The Morgan fingerprint density at radius 3 is 2.67 bits per heavy atom. The van der Waals surface area contributed by atoms with E-state index in [2.05, 4.69) is 6.92 Å². The Bertz CT molecular complexity index is 208. The van der Waals surface area contributed by atoms with Gasteiger partial charge in [-0.1, -0.05) is 41.9 Å². The molecule has 1 saturated heterocycles. The molecule has 88 valence electrons. The maximum absolute atomic E-state index is 11.4. The minimum Gasteiger partial charge on any atom is -0.299 e. The van der Waals surface area contributed by atoms with Gasteiger partial charge in [0.05, 0.1) is 0 Å². The Kier molecular flexibility index (Phi) is 5.54. The van der Waals surface area contributed by atoms with E-state index in [0.29, 0.717) is 10.5 Å². The summed E-state index contributed by atoms with van der Waals surface area (Å²) in [6, 6.07) is 0. The highest BCUT2D eigenvalue weighted by Crippen LogP contribution is 2.49. The normalized spacial score (nSPS) is 26.1. The standard InChI is InChI=1S/C12H22OS2/c1-10(2)11(13)6-4-5-7-12(3)8-9-14-15-12/h10H,4-9H2,1-3H3/t12-/m1/s1. The summed E-state index contributed by atoms with van der Waals surface area (Å²) >= 11 is 0. The first-order valence-corrected chi connectivity index (χ1v) is 8.19. The number of unbranched alkanes of at least 4 members (excludes halogenated alkanes) is 1. The van der Waals surface area contributed by atoms with Gasteiger partial charge in [-0.25, -0.2) is 0 Å². The van der Waals surface area contributed by atoms with Crippen molar-refractivity contribution in [1.29, 1.82) is 0 Å². The van der Waals surface area contributed by atoms with Gasteiger partial charge in [0.25, 0.3) is 0 Å². The molecule has 0 unspecified atom stereocenters. The van der Waals surface area contributed by atoms with Gasteiger partial charge in [-0.3, -0.25) is 4.79 Å². The largest absolute Gasteiger partial charge is 0.299 e. The Balaban J connectivity index is 2.08. The van der Waals surface area contributed by atoms with Crippen molar-refractivity contribution < 1.29 is 4.79 Å². The van der Waals surface area contributed by atoms with Gasteiger partial charge in [0.15, 0.2) is 0 Å². The van der Waals surface area contributed by atoms with Crippen LogP contribution in [-0.2, 0) is 4.79 Å². The average Bonchev–Trinajstić information content (AvgIpc) is 2.60. The summed E-state index contributed by atoms with van der Waals surface area (Å²) in [5, 5.41) is 0. The van der Waals surface area contributed by atoms with Crippen LogP contribution in [0.5, 0.6) is 0 Å². The molecule has 1 fully saturated rings. The number of carbonyl (C=O) groups is 1. The van der Waals surface area contributed by atoms with Crippen molar-refractivity contribution in [3.63, 3.8) is 0 Å².